The van der Waals surface area contributed by atoms with E-state index in [0.717, 1.165) is 46.3 Å². The van der Waals surface area contributed by atoms with Crippen LogP contribution in [0.25, 0.3) is 49.4 Å². The number of rotatable bonds is 4. The minimum absolute atomic E-state index is 0.0930. The number of hydrogen-bond donors (Lipinski definition) is 1. The number of benzene rings is 5. The maximum atomic E-state index is 6.28. The lowest BCUT2D eigenvalue weighted by Gasteiger charge is -2.35. The van der Waals surface area contributed by atoms with Crippen LogP contribution in [0.4, 0.5) is 5.69 Å². The van der Waals surface area contributed by atoms with Gasteiger partial charge in [-0.1, -0.05) is 78.9 Å². The molecule has 0 amide bonds. The van der Waals surface area contributed by atoms with Crippen LogP contribution in [-0.2, 0) is 0 Å². The first-order valence-corrected chi connectivity index (χ1v) is 14.6. The molecule has 0 saturated heterocycles. The van der Waals surface area contributed by atoms with Crippen molar-refractivity contribution in [2.24, 2.45) is 4.99 Å². The summed E-state index contributed by atoms with van der Waals surface area (Å²) in [7, 11) is 0. The number of nitrogens with one attached hydrogen (secondary N) is 1. The zero-order valence-electron chi connectivity index (χ0n) is 23.0. The highest BCUT2D eigenvalue weighted by molar-refractivity contribution is 6.17. The molecule has 0 bridgehead atoms. The lowest BCUT2D eigenvalue weighted by atomic mass is 9.97. The van der Waals surface area contributed by atoms with Crippen LogP contribution < -0.4 is 4.90 Å². The predicted octanol–water partition coefficient (Wildman–Crippen LogP) is 8.26. The summed E-state index contributed by atoms with van der Waals surface area (Å²) in [5.41, 5.74) is 9.15. The number of aromatic nitrogens is 1. The van der Waals surface area contributed by atoms with Crippen molar-refractivity contribution in [3.05, 3.63) is 145 Å². The van der Waals surface area contributed by atoms with Gasteiger partial charge in [-0.3, -0.25) is 0 Å². The SMILES string of the molecule is C1=CCCC(C2N=C(c3ccccc3)[NH+]2c2cccc(-n3c4ccccc4c4cc5oc6ccccc6c5cc43)c2)=C1. The quantitative estimate of drug-likeness (QED) is 0.239. The van der Waals surface area contributed by atoms with Gasteiger partial charge in [0.15, 0.2) is 0 Å². The average molecular weight is 543 g/mol. The lowest BCUT2D eigenvalue weighted by Crippen LogP contribution is -3.18. The number of aliphatic imine (C=N–C) groups is 1. The molecule has 42 heavy (non-hydrogen) atoms. The van der Waals surface area contributed by atoms with E-state index in [1.807, 2.05) is 12.1 Å². The van der Waals surface area contributed by atoms with E-state index in [9.17, 15) is 0 Å². The number of allylic oxidation sites excluding steroid dienone is 3. The Hall–Kier alpha value is -5.19. The van der Waals surface area contributed by atoms with Crippen molar-refractivity contribution in [3.8, 4) is 5.69 Å². The maximum Gasteiger partial charge on any atom is 0.241 e. The molecule has 0 spiro atoms. The number of hydrogen-bond acceptors (Lipinski definition) is 2. The van der Waals surface area contributed by atoms with Crippen molar-refractivity contribution in [1.29, 1.82) is 0 Å². The monoisotopic (exact) mass is 542 g/mol. The number of nitrogens with zero attached hydrogens (tertiary/aromatic N) is 2. The zero-order chi connectivity index (χ0) is 27.6. The third-order valence-corrected chi connectivity index (χ3v) is 8.82. The largest absolute Gasteiger partial charge is 0.456 e. The number of quaternary nitrogens is 1. The minimum atomic E-state index is 0.0930. The smallest absolute Gasteiger partial charge is 0.241 e. The Labute approximate surface area is 243 Å². The highest BCUT2D eigenvalue weighted by atomic mass is 16.3. The summed E-state index contributed by atoms with van der Waals surface area (Å²) in [5, 5.41) is 4.71. The Morgan fingerprint density at radius 3 is 2.40 bits per heavy atom. The Kier molecular flexibility index (Phi) is 5.13. The molecule has 1 N–H and O–H groups in total. The van der Waals surface area contributed by atoms with Gasteiger partial charge in [-0.2, -0.15) is 4.99 Å². The van der Waals surface area contributed by atoms with Crippen molar-refractivity contribution >= 4 is 55.3 Å². The zero-order valence-corrected chi connectivity index (χ0v) is 23.0. The van der Waals surface area contributed by atoms with Gasteiger partial charge in [0.05, 0.1) is 22.3 Å². The third-order valence-electron chi connectivity index (χ3n) is 8.82. The van der Waals surface area contributed by atoms with Crippen LogP contribution in [0.2, 0.25) is 0 Å². The summed E-state index contributed by atoms with van der Waals surface area (Å²) in [6, 6.07) is 41.1. The van der Waals surface area contributed by atoms with Crippen LogP contribution in [0.15, 0.2) is 148 Å². The number of fused-ring (bicyclic) bond motifs is 6. The normalized spacial score (nSPS) is 18.5. The standard InChI is InChI=1S/C38H27N3O/c1-3-12-25(13-4-1)37-39-38(26-14-5-2-6-15-26)41(37)28-17-11-16-27(22-28)40-33-20-9-7-18-29(33)31-24-36-32(23-34(31)40)30-19-8-10-21-35(30)42-36/h1-5,7-14,16-24,38H,6,15H2/p+1. The van der Waals surface area contributed by atoms with Gasteiger partial charge >= 0.3 is 0 Å². The predicted molar refractivity (Wildman–Crippen MR) is 172 cm³/mol. The molecule has 2 unspecified atom stereocenters. The van der Waals surface area contributed by atoms with Gasteiger partial charge in [-0.05, 0) is 61.4 Å². The lowest BCUT2D eigenvalue weighted by molar-refractivity contribution is -0.777. The van der Waals surface area contributed by atoms with E-state index in [2.05, 4.69) is 126 Å². The maximum absolute atomic E-state index is 6.28. The van der Waals surface area contributed by atoms with Crippen LogP contribution in [-0.4, -0.2) is 16.6 Å². The second kappa shape index (κ2) is 9.16. The molecular formula is C38H28N3O+. The van der Waals surface area contributed by atoms with Gasteiger partial charge in [-0.25, -0.2) is 4.90 Å². The molecule has 3 heterocycles. The molecular weight excluding hydrogens is 514 g/mol. The number of para-hydroxylation sites is 2. The fourth-order valence-electron chi connectivity index (χ4n) is 6.84. The summed E-state index contributed by atoms with van der Waals surface area (Å²) in [6.45, 7) is 0. The molecule has 9 rings (SSSR count). The Balaban J connectivity index is 1.25. The van der Waals surface area contributed by atoms with E-state index >= 15 is 0 Å². The Bertz CT molecular complexity index is 2260. The summed E-state index contributed by atoms with van der Waals surface area (Å²) >= 11 is 0. The third kappa shape index (κ3) is 3.49. The molecule has 0 fully saturated rings. The molecule has 2 aromatic heterocycles. The average Bonchev–Trinajstić information content (AvgIpc) is 3.55. The fraction of sp³-hybridized carbons (Fsp3) is 0.0789. The summed E-state index contributed by atoms with van der Waals surface area (Å²) in [4.78, 5) is 6.50. The van der Waals surface area contributed by atoms with Gasteiger partial charge in [-0.15, -0.1) is 0 Å². The summed E-state index contributed by atoms with van der Waals surface area (Å²) in [5.74, 6) is 1.10. The van der Waals surface area contributed by atoms with Gasteiger partial charge < -0.3 is 8.98 Å². The van der Waals surface area contributed by atoms with E-state index in [-0.39, 0.29) is 6.17 Å². The Morgan fingerprint density at radius 2 is 1.52 bits per heavy atom. The van der Waals surface area contributed by atoms with Crippen LogP contribution in [0.5, 0.6) is 0 Å². The van der Waals surface area contributed by atoms with Crippen LogP contribution >= 0.6 is 0 Å². The van der Waals surface area contributed by atoms with Crippen LogP contribution in [0.3, 0.4) is 0 Å². The molecule has 2 atom stereocenters. The van der Waals surface area contributed by atoms with Crippen molar-refractivity contribution in [2.45, 2.75) is 19.0 Å². The minimum Gasteiger partial charge on any atom is -0.456 e. The van der Waals surface area contributed by atoms with E-state index in [1.54, 1.807) is 0 Å². The topological polar surface area (TPSA) is 34.9 Å². The van der Waals surface area contributed by atoms with Crippen LogP contribution in [0.1, 0.15) is 18.4 Å². The van der Waals surface area contributed by atoms with E-state index in [0.29, 0.717) is 0 Å². The summed E-state index contributed by atoms with van der Waals surface area (Å²) < 4.78 is 8.69. The molecule has 0 radical (unpaired) electrons. The molecule has 1 aliphatic carbocycles. The first-order valence-electron chi connectivity index (χ1n) is 14.6. The van der Waals surface area contributed by atoms with Crippen molar-refractivity contribution in [3.63, 3.8) is 0 Å². The van der Waals surface area contributed by atoms with Gasteiger partial charge in [0.2, 0.25) is 12.0 Å². The molecule has 7 aromatic rings. The van der Waals surface area contributed by atoms with Crippen molar-refractivity contribution in [2.75, 3.05) is 0 Å². The molecule has 4 nitrogen and oxygen atoms in total. The van der Waals surface area contributed by atoms with E-state index < -0.39 is 0 Å². The highest BCUT2D eigenvalue weighted by Crippen LogP contribution is 2.38. The Morgan fingerprint density at radius 1 is 0.690 bits per heavy atom. The first kappa shape index (κ1) is 23.5. The molecule has 1 aliphatic heterocycles. The molecule has 0 saturated carbocycles. The second-order valence-electron chi connectivity index (χ2n) is 11.2. The first-order chi connectivity index (χ1) is 20.8. The van der Waals surface area contributed by atoms with Crippen LogP contribution in [0, 0.1) is 0 Å². The van der Waals surface area contributed by atoms with Gasteiger partial charge in [0.1, 0.15) is 16.9 Å². The molecule has 5 aromatic carbocycles. The molecule has 4 heteroatoms. The molecule has 200 valence electrons. The fourth-order valence-corrected chi connectivity index (χ4v) is 6.84. The van der Waals surface area contributed by atoms with Crippen molar-refractivity contribution < 1.29 is 9.32 Å². The van der Waals surface area contributed by atoms with E-state index in [1.165, 1.54) is 43.5 Å². The van der Waals surface area contributed by atoms with Gasteiger partial charge in [0.25, 0.3) is 0 Å². The van der Waals surface area contributed by atoms with Crippen molar-refractivity contribution in [1.82, 2.24) is 4.57 Å². The highest BCUT2D eigenvalue weighted by Gasteiger charge is 2.42. The number of furan rings is 1. The summed E-state index contributed by atoms with van der Waals surface area (Å²) in [6.07, 6.45) is 8.91. The number of amidine groups is 1. The van der Waals surface area contributed by atoms with E-state index in [4.69, 9.17) is 9.41 Å². The second-order valence-corrected chi connectivity index (χ2v) is 11.2. The molecule has 2 aliphatic rings. The van der Waals surface area contributed by atoms with Gasteiger partial charge in [0, 0.05) is 33.2 Å².